The molecule has 0 radical (unpaired) electrons. The zero-order valence-corrected chi connectivity index (χ0v) is 16.6. The summed E-state index contributed by atoms with van der Waals surface area (Å²) in [6.07, 6.45) is 2.20. The molecule has 1 aromatic carbocycles. The minimum atomic E-state index is -0.644. The molecule has 0 spiro atoms. The number of methoxy groups -OCH3 is 1. The lowest BCUT2D eigenvalue weighted by atomic mass is 10.1. The average molecular weight is 402 g/mol. The maximum Gasteiger partial charge on any atom is 0.309 e. The predicted octanol–water partition coefficient (Wildman–Crippen LogP) is -0.280. The van der Waals surface area contributed by atoms with Crippen molar-refractivity contribution in [1.82, 2.24) is 10.6 Å². The van der Waals surface area contributed by atoms with Gasteiger partial charge in [0, 0.05) is 6.54 Å². The van der Waals surface area contributed by atoms with Crippen molar-refractivity contribution in [3.63, 3.8) is 0 Å². The molecule has 0 aliphatic carbocycles. The molecule has 1 fully saturated rings. The summed E-state index contributed by atoms with van der Waals surface area (Å²) in [7, 11) is 1.61. The summed E-state index contributed by atoms with van der Waals surface area (Å²) in [6.45, 7) is 3.66. The summed E-state index contributed by atoms with van der Waals surface area (Å²) in [4.78, 5) is 25.7. The van der Waals surface area contributed by atoms with E-state index < -0.39 is 11.8 Å². The van der Waals surface area contributed by atoms with Gasteiger partial charge in [-0.2, -0.15) is 0 Å². The minimum absolute atomic E-state index is 0.0563. The maximum absolute atomic E-state index is 12.3. The second kappa shape index (κ2) is 10.6. The van der Waals surface area contributed by atoms with E-state index in [1.54, 1.807) is 13.4 Å². The van der Waals surface area contributed by atoms with Gasteiger partial charge in [0.15, 0.2) is 11.8 Å². The Balaban J connectivity index is 1.48. The van der Waals surface area contributed by atoms with Crippen molar-refractivity contribution >= 4 is 11.8 Å². The molecular formula is C21H28N3O5+. The van der Waals surface area contributed by atoms with Crippen LogP contribution in [0.4, 0.5) is 0 Å². The number of nitrogens with one attached hydrogen (secondary N) is 3. The molecule has 29 heavy (non-hydrogen) atoms. The number of morpholine rings is 1. The van der Waals surface area contributed by atoms with Crippen LogP contribution in [0.25, 0.3) is 0 Å². The summed E-state index contributed by atoms with van der Waals surface area (Å²) >= 11 is 0. The molecule has 2 aromatic rings. The van der Waals surface area contributed by atoms with Gasteiger partial charge in [0.2, 0.25) is 0 Å². The third-order valence-electron chi connectivity index (χ3n) is 5.06. The molecule has 156 valence electrons. The van der Waals surface area contributed by atoms with Gasteiger partial charge in [-0.15, -0.1) is 0 Å². The average Bonchev–Trinajstić information content (AvgIpc) is 3.29. The quantitative estimate of drug-likeness (QED) is 0.528. The molecule has 8 heteroatoms. The first-order valence-corrected chi connectivity index (χ1v) is 9.82. The maximum atomic E-state index is 12.3. The van der Waals surface area contributed by atoms with E-state index in [0.717, 1.165) is 30.2 Å². The Morgan fingerprint density at radius 1 is 1.10 bits per heavy atom. The summed E-state index contributed by atoms with van der Waals surface area (Å²) < 4.78 is 16.3. The van der Waals surface area contributed by atoms with Gasteiger partial charge < -0.3 is 29.4 Å². The van der Waals surface area contributed by atoms with E-state index in [4.69, 9.17) is 13.9 Å². The van der Waals surface area contributed by atoms with Gasteiger partial charge in [-0.25, -0.2) is 0 Å². The van der Waals surface area contributed by atoms with Crippen molar-refractivity contribution in [3.8, 4) is 5.75 Å². The Kier molecular flexibility index (Phi) is 7.66. The standard InChI is InChI=1S/C21H27N3O5/c1-27-18-6-3-2-5-16(18)8-9-22-20(25)21(26)23-15-17(19-7-4-12-29-19)24-10-13-28-14-11-24/h2-7,12,17H,8-11,13-15H2,1H3,(H,22,25)(H,23,26)/p+1/t17-/m0/s1. The van der Waals surface area contributed by atoms with Crippen molar-refractivity contribution in [2.75, 3.05) is 46.5 Å². The number of ether oxygens (including phenoxy) is 2. The highest BCUT2D eigenvalue weighted by atomic mass is 16.5. The van der Waals surface area contributed by atoms with E-state index in [1.165, 1.54) is 4.90 Å². The van der Waals surface area contributed by atoms with Crippen LogP contribution in [0, 0.1) is 0 Å². The zero-order chi connectivity index (χ0) is 20.5. The first kappa shape index (κ1) is 20.9. The second-order valence-electron chi connectivity index (χ2n) is 6.87. The molecule has 1 aliphatic heterocycles. The molecule has 1 atom stereocenters. The fourth-order valence-corrected chi connectivity index (χ4v) is 3.49. The lowest BCUT2D eigenvalue weighted by Gasteiger charge is -2.30. The van der Waals surface area contributed by atoms with Gasteiger partial charge in [-0.3, -0.25) is 9.59 Å². The lowest BCUT2D eigenvalue weighted by Crippen LogP contribution is -3.15. The Labute approximate surface area is 170 Å². The van der Waals surface area contributed by atoms with Crippen molar-refractivity contribution in [2.24, 2.45) is 0 Å². The number of carbonyl (C=O) groups is 2. The van der Waals surface area contributed by atoms with Crippen LogP contribution in [0.1, 0.15) is 17.4 Å². The van der Waals surface area contributed by atoms with Crippen LogP contribution in [-0.4, -0.2) is 58.3 Å². The first-order chi connectivity index (χ1) is 14.2. The molecule has 2 amide bonds. The highest BCUT2D eigenvalue weighted by Crippen LogP contribution is 2.17. The third-order valence-corrected chi connectivity index (χ3v) is 5.06. The van der Waals surface area contributed by atoms with Gasteiger partial charge in [-0.1, -0.05) is 18.2 Å². The van der Waals surface area contributed by atoms with Crippen LogP contribution in [0.15, 0.2) is 47.1 Å². The zero-order valence-electron chi connectivity index (χ0n) is 16.6. The van der Waals surface area contributed by atoms with Crippen LogP contribution in [0.3, 0.4) is 0 Å². The molecule has 0 unspecified atom stereocenters. The summed E-state index contributed by atoms with van der Waals surface area (Å²) in [5, 5.41) is 5.41. The van der Waals surface area contributed by atoms with Gasteiger partial charge in [0.25, 0.3) is 0 Å². The van der Waals surface area contributed by atoms with Crippen LogP contribution < -0.4 is 20.3 Å². The molecule has 3 rings (SSSR count). The number of rotatable bonds is 8. The predicted molar refractivity (Wildman–Crippen MR) is 106 cm³/mol. The Morgan fingerprint density at radius 2 is 1.86 bits per heavy atom. The smallest absolute Gasteiger partial charge is 0.309 e. The summed E-state index contributed by atoms with van der Waals surface area (Å²) in [5.41, 5.74) is 0.976. The summed E-state index contributed by atoms with van der Waals surface area (Å²) in [6, 6.07) is 11.3. The normalized spacial score (nSPS) is 15.5. The van der Waals surface area contributed by atoms with Gasteiger partial charge in [0.05, 0.1) is 33.1 Å². The van der Waals surface area contributed by atoms with E-state index >= 15 is 0 Å². The van der Waals surface area contributed by atoms with Crippen LogP contribution in [-0.2, 0) is 20.7 Å². The van der Waals surface area contributed by atoms with E-state index in [1.807, 2.05) is 36.4 Å². The van der Waals surface area contributed by atoms with Gasteiger partial charge in [0.1, 0.15) is 18.8 Å². The number of amides is 2. The van der Waals surface area contributed by atoms with Crippen molar-refractivity contribution < 1.29 is 28.4 Å². The Bertz CT molecular complexity index is 787. The van der Waals surface area contributed by atoms with Crippen molar-refractivity contribution in [2.45, 2.75) is 12.5 Å². The number of benzene rings is 1. The molecule has 1 aliphatic rings. The second-order valence-corrected chi connectivity index (χ2v) is 6.87. The molecule has 2 heterocycles. The van der Waals surface area contributed by atoms with Crippen LogP contribution >= 0.6 is 0 Å². The number of quaternary nitrogens is 1. The van der Waals surface area contributed by atoms with Crippen molar-refractivity contribution in [3.05, 3.63) is 54.0 Å². The van der Waals surface area contributed by atoms with Gasteiger partial charge in [-0.05, 0) is 30.2 Å². The minimum Gasteiger partial charge on any atom is -0.496 e. The van der Waals surface area contributed by atoms with Crippen LogP contribution in [0.2, 0.25) is 0 Å². The fraction of sp³-hybridized carbons (Fsp3) is 0.429. The highest BCUT2D eigenvalue weighted by Gasteiger charge is 2.29. The van der Waals surface area contributed by atoms with Crippen molar-refractivity contribution in [1.29, 1.82) is 0 Å². The van der Waals surface area contributed by atoms with Gasteiger partial charge >= 0.3 is 11.8 Å². The molecule has 0 bridgehead atoms. The molecule has 3 N–H and O–H groups in total. The SMILES string of the molecule is COc1ccccc1CCNC(=O)C(=O)NC[C@@H](c1ccco1)[NH+]1CCOCC1. The lowest BCUT2D eigenvalue weighted by molar-refractivity contribution is -0.938. The fourth-order valence-electron chi connectivity index (χ4n) is 3.49. The Morgan fingerprint density at radius 3 is 2.59 bits per heavy atom. The van der Waals surface area contributed by atoms with E-state index in [2.05, 4.69) is 10.6 Å². The number of furan rings is 1. The highest BCUT2D eigenvalue weighted by molar-refractivity contribution is 6.35. The molecule has 1 saturated heterocycles. The number of carbonyl (C=O) groups excluding carboxylic acids is 2. The summed E-state index contributed by atoms with van der Waals surface area (Å²) in [5.74, 6) is 0.268. The topological polar surface area (TPSA) is 94.2 Å². The molecule has 1 aromatic heterocycles. The third kappa shape index (κ3) is 5.82. The van der Waals surface area contributed by atoms with E-state index in [-0.39, 0.29) is 6.04 Å². The Hall–Kier alpha value is -2.84. The molecule has 8 nitrogen and oxygen atoms in total. The number of hydrogen-bond acceptors (Lipinski definition) is 5. The van der Waals surface area contributed by atoms with E-state index in [9.17, 15) is 9.59 Å². The molecule has 0 saturated carbocycles. The largest absolute Gasteiger partial charge is 0.496 e. The van der Waals surface area contributed by atoms with Crippen LogP contribution in [0.5, 0.6) is 5.75 Å². The monoisotopic (exact) mass is 402 g/mol. The van der Waals surface area contributed by atoms with E-state index in [0.29, 0.717) is 32.7 Å². The first-order valence-electron chi connectivity index (χ1n) is 9.82. The number of hydrogen-bond donors (Lipinski definition) is 3. The molecular weight excluding hydrogens is 374 g/mol. The number of para-hydroxylation sites is 1.